The molecule has 0 atom stereocenters. The van der Waals surface area contributed by atoms with Crippen molar-refractivity contribution in [3.63, 3.8) is 0 Å². The van der Waals surface area contributed by atoms with Crippen LogP contribution in [0.5, 0.6) is 0 Å². The molecule has 1 N–H and O–H groups in total. The molecule has 7 nitrogen and oxygen atoms in total. The Kier molecular flexibility index (Phi) is 6.66. The number of nitriles is 1. The van der Waals surface area contributed by atoms with Crippen LogP contribution in [0.4, 0.5) is 5.13 Å². The molecule has 1 amide bonds. The van der Waals surface area contributed by atoms with Gasteiger partial charge in [0.15, 0.2) is 4.34 Å². The van der Waals surface area contributed by atoms with Crippen molar-refractivity contribution in [2.45, 2.75) is 10.1 Å². The van der Waals surface area contributed by atoms with Crippen LogP contribution in [0.3, 0.4) is 0 Å². The van der Waals surface area contributed by atoms with Crippen LogP contribution in [0, 0.1) is 11.3 Å². The Labute approximate surface area is 210 Å². The Morgan fingerprint density at radius 2 is 1.69 bits per heavy atom. The maximum absolute atomic E-state index is 13.2. The van der Waals surface area contributed by atoms with E-state index in [0.717, 1.165) is 21.2 Å². The molecule has 0 aliphatic rings. The van der Waals surface area contributed by atoms with E-state index in [9.17, 15) is 4.79 Å². The predicted octanol–water partition coefficient (Wildman–Crippen LogP) is 5.81. The molecule has 0 saturated heterocycles. The molecule has 0 unspecified atom stereocenters. The van der Waals surface area contributed by atoms with E-state index in [1.165, 1.54) is 23.1 Å². The fraction of sp³-hybridized carbons (Fsp3) is 0.0385. The number of thioether (sulfide) groups is 1. The van der Waals surface area contributed by atoms with E-state index in [1.54, 1.807) is 23.0 Å². The molecular weight excluding hydrogens is 476 g/mol. The molecule has 0 fully saturated rings. The van der Waals surface area contributed by atoms with Crippen molar-refractivity contribution >= 4 is 34.1 Å². The highest BCUT2D eigenvalue weighted by Crippen LogP contribution is 2.30. The van der Waals surface area contributed by atoms with Gasteiger partial charge in [0.05, 0.1) is 22.9 Å². The van der Waals surface area contributed by atoms with Gasteiger partial charge in [-0.05, 0) is 29.8 Å². The third kappa shape index (κ3) is 5.30. The number of benzene rings is 3. The summed E-state index contributed by atoms with van der Waals surface area (Å²) in [4.78, 5) is 13.2. The zero-order valence-electron chi connectivity index (χ0n) is 18.3. The molecule has 3 aromatic carbocycles. The van der Waals surface area contributed by atoms with E-state index < -0.39 is 0 Å². The molecule has 0 radical (unpaired) electrons. The Balaban J connectivity index is 1.33. The van der Waals surface area contributed by atoms with Crippen molar-refractivity contribution in [2.75, 3.05) is 5.32 Å². The first-order valence-corrected chi connectivity index (χ1v) is 12.5. The summed E-state index contributed by atoms with van der Waals surface area (Å²) in [6.07, 6.45) is 1.73. The molecule has 0 aliphatic heterocycles. The van der Waals surface area contributed by atoms with Crippen LogP contribution in [0.2, 0.25) is 0 Å². The van der Waals surface area contributed by atoms with Gasteiger partial charge in [-0.25, -0.2) is 4.68 Å². The van der Waals surface area contributed by atoms with Gasteiger partial charge in [-0.3, -0.25) is 10.1 Å². The average molecular weight is 495 g/mol. The van der Waals surface area contributed by atoms with Crippen molar-refractivity contribution in [1.82, 2.24) is 20.0 Å². The van der Waals surface area contributed by atoms with Crippen LogP contribution < -0.4 is 5.32 Å². The van der Waals surface area contributed by atoms with Gasteiger partial charge in [-0.2, -0.15) is 10.4 Å². The third-order valence-electron chi connectivity index (χ3n) is 5.10. The van der Waals surface area contributed by atoms with Crippen LogP contribution >= 0.6 is 23.1 Å². The SMILES string of the molecule is N#Cc1ccc(CSc2nnc(NC(=O)c3cn(-c4ccccc4)nc3-c3ccccc3)s2)cc1. The molecule has 5 aromatic rings. The van der Waals surface area contributed by atoms with Gasteiger partial charge in [-0.15, -0.1) is 10.2 Å². The number of nitrogens with zero attached hydrogens (tertiary/aromatic N) is 5. The van der Waals surface area contributed by atoms with E-state index >= 15 is 0 Å². The van der Waals surface area contributed by atoms with Gasteiger partial charge in [0.2, 0.25) is 5.13 Å². The maximum atomic E-state index is 13.2. The highest BCUT2D eigenvalue weighted by atomic mass is 32.2. The minimum atomic E-state index is -0.300. The molecule has 0 saturated carbocycles. The Hall–Kier alpha value is -4.26. The lowest BCUT2D eigenvalue weighted by Crippen LogP contribution is -2.12. The van der Waals surface area contributed by atoms with Gasteiger partial charge in [0, 0.05) is 17.5 Å². The largest absolute Gasteiger partial charge is 0.296 e. The van der Waals surface area contributed by atoms with Crippen LogP contribution in [-0.2, 0) is 5.75 Å². The van der Waals surface area contributed by atoms with Crippen LogP contribution in [0.25, 0.3) is 16.9 Å². The third-order valence-corrected chi connectivity index (χ3v) is 7.14. The zero-order valence-corrected chi connectivity index (χ0v) is 20.0. The van der Waals surface area contributed by atoms with Gasteiger partial charge < -0.3 is 0 Å². The van der Waals surface area contributed by atoms with Gasteiger partial charge in [-0.1, -0.05) is 83.8 Å². The number of amides is 1. The van der Waals surface area contributed by atoms with Crippen molar-refractivity contribution in [1.29, 1.82) is 5.26 Å². The molecule has 0 bridgehead atoms. The summed E-state index contributed by atoms with van der Waals surface area (Å²) in [7, 11) is 0. The van der Waals surface area contributed by atoms with Crippen molar-refractivity contribution in [3.05, 3.63) is 108 Å². The van der Waals surface area contributed by atoms with Crippen molar-refractivity contribution < 1.29 is 4.79 Å². The quantitative estimate of drug-likeness (QED) is 0.227. The number of aromatic nitrogens is 4. The Morgan fingerprint density at radius 3 is 2.40 bits per heavy atom. The van der Waals surface area contributed by atoms with Crippen molar-refractivity contribution in [2.24, 2.45) is 0 Å². The monoisotopic (exact) mass is 494 g/mol. The number of rotatable bonds is 7. The molecule has 2 heterocycles. The molecule has 5 rings (SSSR count). The Morgan fingerprint density at radius 1 is 0.971 bits per heavy atom. The topological polar surface area (TPSA) is 96.5 Å². The molecule has 0 spiro atoms. The lowest BCUT2D eigenvalue weighted by Gasteiger charge is -2.02. The molecule has 170 valence electrons. The number of carbonyl (C=O) groups is 1. The lowest BCUT2D eigenvalue weighted by atomic mass is 10.1. The first kappa shape index (κ1) is 22.5. The second-order valence-electron chi connectivity index (χ2n) is 7.46. The predicted molar refractivity (Wildman–Crippen MR) is 138 cm³/mol. The van der Waals surface area contributed by atoms with Crippen LogP contribution in [0.1, 0.15) is 21.5 Å². The number of anilines is 1. The first-order chi connectivity index (χ1) is 17.2. The molecule has 9 heteroatoms. The van der Waals surface area contributed by atoms with Crippen molar-refractivity contribution in [3.8, 4) is 23.0 Å². The van der Waals surface area contributed by atoms with Gasteiger partial charge in [0.25, 0.3) is 5.91 Å². The fourth-order valence-corrected chi connectivity index (χ4v) is 5.07. The van der Waals surface area contributed by atoms with Gasteiger partial charge >= 0.3 is 0 Å². The molecule has 0 aliphatic carbocycles. The van der Waals surface area contributed by atoms with E-state index in [-0.39, 0.29) is 5.91 Å². The van der Waals surface area contributed by atoms with E-state index in [4.69, 9.17) is 10.4 Å². The molecule has 2 aromatic heterocycles. The second-order valence-corrected chi connectivity index (χ2v) is 9.66. The summed E-state index contributed by atoms with van der Waals surface area (Å²) in [5.41, 5.74) is 4.46. The number of hydrogen-bond acceptors (Lipinski definition) is 7. The minimum Gasteiger partial charge on any atom is -0.296 e. The Bertz CT molecular complexity index is 1490. The minimum absolute atomic E-state index is 0.300. The van der Waals surface area contributed by atoms with E-state index in [1.807, 2.05) is 72.8 Å². The summed E-state index contributed by atoms with van der Waals surface area (Å²) in [5, 5.41) is 25.2. The lowest BCUT2D eigenvalue weighted by molar-refractivity contribution is 0.102. The maximum Gasteiger partial charge on any atom is 0.261 e. The highest BCUT2D eigenvalue weighted by Gasteiger charge is 2.20. The average Bonchev–Trinajstić information content (AvgIpc) is 3.56. The summed E-state index contributed by atoms with van der Waals surface area (Å²) < 4.78 is 2.45. The number of hydrogen-bond donors (Lipinski definition) is 1. The number of carbonyl (C=O) groups excluding carboxylic acids is 1. The highest BCUT2D eigenvalue weighted by molar-refractivity contribution is 8.00. The standard InChI is InChI=1S/C26H18N6OS2/c27-15-18-11-13-19(14-12-18)17-34-26-30-29-25(35-26)28-24(33)22-16-32(21-9-5-2-6-10-21)31-23(22)20-7-3-1-4-8-20/h1-14,16H,17H2,(H,28,29,33). The first-order valence-electron chi connectivity index (χ1n) is 10.7. The smallest absolute Gasteiger partial charge is 0.261 e. The number of para-hydroxylation sites is 1. The molecular formula is C26H18N6OS2. The number of nitrogens with one attached hydrogen (secondary N) is 1. The van der Waals surface area contributed by atoms with Crippen LogP contribution in [-0.4, -0.2) is 25.9 Å². The summed E-state index contributed by atoms with van der Waals surface area (Å²) in [6, 6.07) is 28.8. The summed E-state index contributed by atoms with van der Waals surface area (Å²) in [6.45, 7) is 0. The summed E-state index contributed by atoms with van der Waals surface area (Å²) >= 11 is 2.84. The summed E-state index contributed by atoms with van der Waals surface area (Å²) in [5.74, 6) is 0.391. The van der Waals surface area contributed by atoms with E-state index in [0.29, 0.717) is 27.7 Å². The normalized spacial score (nSPS) is 10.6. The van der Waals surface area contributed by atoms with E-state index in [2.05, 4.69) is 21.6 Å². The second kappa shape index (κ2) is 10.3. The van der Waals surface area contributed by atoms with Crippen LogP contribution in [0.15, 0.2) is 95.5 Å². The zero-order chi connectivity index (χ0) is 24.0. The van der Waals surface area contributed by atoms with Gasteiger partial charge in [0.1, 0.15) is 5.69 Å². The fourth-order valence-electron chi connectivity index (χ4n) is 3.37. The molecule has 35 heavy (non-hydrogen) atoms.